The van der Waals surface area contributed by atoms with E-state index in [4.69, 9.17) is 4.74 Å². The van der Waals surface area contributed by atoms with E-state index in [0.29, 0.717) is 18.0 Å². The monoisotopic (exact) mass is 516 g/mol. The molecule has 0 aliphatic heterocycles. The number of ether oxygens (including phenoxy) is 1. The minimum Gasteiger partial charge on any atom is -0.376 e. The summed E-state index contributed by atoms with van der Waals surface area (Å²) < 4.78 is 5.91. The minimum atomic E-state index is -0.0906. The lowest BCUT2D eigenvalue weighted by atomic mass is 9.87. The molecule has 0 N–H and O–H groups in total. The number of allylic oxidation sites excluding steroid dienone is 1. The zero-order chi connectivity index (χ0) is 28.6. The van der Waals surface area contributed by atoms with Gasteiger partial charge in [0.25, 0.3) is 0 Å². The van der Waals surface area contributed by atoms with Gasteiger partial charge < -0.3 is 4.74 Å². The van der Waals surface area contributed by atoms with Gasteiger partial charge in [-0.15, -0.1) is 0 Å². The van der Waals surface area contributed by atoms with Crippen LogP contribution in [0, 0.1) is 24.2 Å². The van der Waals surface area contributed by atoms with E-state index < -0.39 is 0 Å². The smallest absolute Gasteiger partial charge is 0.182 e. The average molecular weight is 517 g/mol. The van der Waals surface area contributed by atoms with Gasteiger partial charge in [-0.05, 0) is 70.8 Å². The van der Waals surface area contributed by atoms with Gasteiger partial charge in [0.2, 0.25) is 0 Å². The molecule has 1 heterocycles. The number of ketones is 1. The number of carbonyl (C=O) groups excluding carboxylic acids is 1. The lowest BCUT2D eigenvalue weighted by Crippen LogP contribution is -2.23. The molecule has 2 rings (SSSR count). The van der Waals surface area contributed by atoms with Crippen molar-refractivity contribution in [2.45, 2.75) is 146 Å². The number of hydrogen-bond acceptors (Lipinski definition) is 4. The van der Waals surface area contributed by atoms with E-state index in [1.807, 2.05) is 6.92 Å². The third-order valence-corrected chi connectivity index (χ3v) is 6.77. The highest BCUT2D eigenvalue weighted by molar-refractivity contribution is 5.94. The van der Waals surface area contributed by atoms with Crippen LogP contribution in [0.25, 0.3) is 6.08 Å². The fourth-order valence-electron chi connectivity index (χ4n) is 2.98. The van der Waals surface area contributed by atoms with Crippen molar-refractivity contribution < 1.29 is 9.53 Å². The van der Waals surface area contributed by atoms with Crippen LogP contribution in [-0.4, -0.2) is 28.0 Å². The maximum absolute atomic E-state index is 12.5. The number of aryl methyl sites for hydroxylation is 1. The Hall–Kier alpha value is -1.55. The minimum absolute atomic E-state index is 0.0858. The lowest BCUT2D eigenvalue weighted by Gasteiger charge is -2.23. The van der Waals surface area contributed by atoms with Crippen molar-refractivity contribution in [1.82, 2.24) is 9.97 Å². The second-order valence-electron chi connectivity index (χ2n) is 12.9. The summed E-state index contributed by atoms with van der Waals surface area (Å²) in [6.07, 6.45) is 14.0. The number of aromatic nitrogens is 2. The molecule has 1 unspecified atom stereocenters. The summed E-state index contributed by atoms with van der Waals surface area (Å²) in [5.74, 6) is 1.73. The molecule has 214 valence electrons. The third kappa shape index (κ3) is 18.4. The Morgan fingerprint density at radius 1 is 1.08 bits per heavy atom. The molecule has 0 bridgehead atoms. The van der Waals surface area contributed by atoms with Crippen molar-refractivity contribution in [3.63, 3.8) is 0 Å². The van der Waals surface area contributed by atoms with Crippen LogP contribution in [0.5, 0.6) is 0 Å². The molecule has 1 aliphatic carbocycles. The zero-order valence-electron chi connectivity index (χ0n) is 26.6. The molecule has 1 aromatic rings. The highest BCUT2D eigenvalue weighted by Gasteiger charge is 2.16. The molecule has 4 heteroatoms. The Balaban J connectivity index is 0.00000138. The fourth-order valence-corrected chi connectivity index (χ4v) is 2.98. The van der Waals surface area contributed by atoms with Crippen LogP contribution in [-0.2, 0) is 4.74 Å². The molecule has 0 spiro atoms. The zero-order valence-corrected chi connectivity index (χ0v) is 26.6. The second kappa shape index (κ2) is 17.9. The van der Waals surface area contributed by atoms with Gasteiger partial charge in [0.05, 0.1) is 29.8 Å². The topological polar surface area (TPSA) is 52.1 Å². The number of Topliss-reactive ketones (excluding diaryl/α,β-unsaturated/α-hetero) is 1. The van der Waals surface area contributed by atoms with Crippen LogP contribution in [0.3, 0.4) is 0 Å². The van der Waals surface area contributed by atoms with Crippen molar-refractivity contribution in [2.75, 3.05) is 6.61 Å². The van der Waals surface area contributed by atoms with E-state index in [1.54, 1.807) is 6.20 Å². The predicted molar refractivity (Wildman–Crippen MR) is 161 cm³/mol. The van der Waals surface area contributed by atoms with Gasteiger partial charge >= 0.3 is 0 Å². The van der Waals surface area contributed by atoms with Crippen molar-refractivity contribution in [2.24, 2.45) is 17.3 Å². The summed E-state index contributed by atoms with van der Waals surface area (Å²) in [5, 5.41) is 0. The molecular weight excluding hydrogens is 456 g/mol. The van der Waals surface area contributed by atoms with Crippen LogP contribution < -0.4 is 0 Å². The van der Waals surface area contributed by atoms with E-state index >= 15 is 0 Å². The van der Waals surface area contributed by atoms with Crippen molar-refractivity contribution in [3.8, 4) is 0 Å². The average Bonchev–Trinajstić information content (AvgIpc) is 3.60. The Bertz CT molecular complexity index is 794. The Labute approximate surface area is 230 Å². The van der Waals surface area contributed by atoms with Crippen LogP contribution in [0.4, 0.5) is 0 Å². The highest BCUT2D eigenvalue weighted by Crippen LogP contribution is 2.27. The molecule has 1 aromatic heterocycles. The summed E-state index contributed by atoms with van der Waals surface area (Å²) in [7, 11) is 0. The van der Waals surface area contributed by atoms with Gasteiger partial charge in [-0.3, -0.25) is 9.78 Å². The molecule has 0 aromatic carbocycles. The van der Waals surface area contributed by atoms with Crippen LogP contribution in [0.15, 0.2) is 11.8 Å². The van der Waals surface area contributed by atoms with E-state index in [0.717, 1.165) is 49.6 Å². The third-order valence-electron chi connectivity index (χ3n) is 6.77. The van der Waals surface area contributed by atoms with Crippen molar-refractivity contribution >= 4 is 11.9 Å². The SMILES string of the molecule is CC1CC1.CCC(CCCCC(=O)c1cnc(/C=C(\C)C(C)(C)C)c(C)n1)COC(C)(C)C.CCCC. The van der Waals surface area contributed by atoms with E-state index in [9.17, 15) is 4.79 Å². The van der Waals surface area contributed by atoms with Crippen LogP contribution >= 0.6 is 0 Å². The van der Waals surface area contributed by atoms with Crippen LogP contribution in [0.2, 0.25) is 0 Å². The van der Waals surface area contributed by atoms with Gasteiger partial charge in [0, 0.05) is 6.42 Å². The van der Waals surface area contributed by atoms with E-state index in [1.165, 1.54) is 31.3 Å². The number of unbranched alkanes of at least 4 members (excludes halogenated alkanes) is 2. The van der Waals surface area contributed by atoms with E-state index in [-0.39, 0.29) is 16.8 Å². The molecule has 0 radical (unpaired) electrons. The quantitative estimate of drug-likeness (QED) is 0.217. The summed E-state index contributed by atoms with van der Waals surface area (Å²) in [6.45, 7) is 26.5. The number of nitrogens with zero attached hydrogens (tertiary/aromatic N) is 2. The largest absolute Gasteiger partial charge is 0.376 e. The maximum atomic E-state index is 12.5. The van der Waals surface area contributed by atoms with Crippen molar-refractivity contribution in [3.05, 3.63) is 28.9 Å². The predicted octanol–water partition coefficient (Wildman–Crippen LogP) is 10.0. The standard InChI is InChI=1S/C25H42N2O2.C4H8.C4H10/c1-10-20(17-29-25(7,8)9)13-11-12-14-23(28)22-16-26-21(19(3)27-22)15-18(2)24(4,5)6;1-4-2-3-4;1-3-4-2/h15-16,20H,10-14,17H2,1-9H3;4H,2-3H2,1H3;3-4H2,1-2H3/b18-15+;;. The van der Waals surface area contributed by atoms with Gasteiger partial charge in [0.1, 0.15) is 5.69 Å². The Morgan fingerprint density at radius 2 is 1.65 bits per heavy atom. The number of rotatable bonds is 11. The first-order valence-corrected chi connectivity index (χ1v) is 14.8. The molecule has 1 fully saturated rings. The maximum Gasteiger partial charge on any atom is 0.182 e. The molecular formula is C33H60N2O2. The summed E-state index contributed by atoms with van der Waals surface area (Å²) in [4.78, 5) is 21.5. The molecule has 0 saturated heterocycles. The normalized spacial score (nSPS) is 14.8. The number of carbonyl (C=O) groups is 1. The van der Waals surface area contributed by atoms with Crippen LogP contribution in [0.1, 0.15) is 156 Å². The summed E-state index contributed by atoms with van der Waals surface area (Å²) in [5.41, 5.74) is 3.39. The molecule has 0 amide bonds. The highest BCUT2D eigenvalue weighted by atomic mass is 16.5. The number of hydrogen-bond donors (Lipinski definition) is 0. The molecule has 4 nitrogen and oxygen atoms in total. The van der Waals surface area contributed by atoms with Gasteiger partial charge in [-0.25, -0.2) is 4.98 Å². The Kier molecular flexibility index (Phi) is 17.1. The molecule has 1 atom stereocenters. The van der Waals surface area contributed by atoms with E-state index in [2.05, 4.69) is 92.2 Å². The van der Waals surface area contributed by atoms with Gasteiger partial charge in [-0.2, -0.15) is 0 Å². The van der Waals surface area contributed by atoms with Gasteiger partial charge in [-0.1, -0.05) is 92.6 Å². The van der Waals surface area contributed by atoms with Crippen molar-refractivity contribution in [1.29, 1.82) is 0 Å². The molecule has 37 heavy (non-hydrogen) atoms. The first-order chi connectivity index (χ1) is 17.1. The molecule has 1 saturated carbocycles. The lowest BCUT2D eigenvalue weighted by molar-refractivity contribution is -0.0243. The summed E-state index contributed by atoms with van der Waals surface area (Å²) >= 11 is 0. The molecule has 1 aliphatic rings. The van der Waals surface area contributed by atoms with Gasteiger partial charge in [0.15, 0.2) is 5.78 Å². The summed E-state index contributed by atoms with van der Waals surface area (Å²) in [6, 6.07) is 0. The first-order valence-electron chi connectivity index (χ1n) is 14.8. The second-order valence-corrected chi connectivity index (χ2v) is 12.9. The Morgan fingerprint density at radius 3 is 2.05 bits per heavy atom. The fraction of sp³-hybridized carbons (Fsp3) is 0.788. The first kappa shape index (κ1) is 35.5.